The molecular weight excluding hydrogens is 425 g/mol. The molecule has 0 aliphatic heterocycles. The van der Waals surface area contributed by atoms with Gasteiger partial charge in [0.25, 0.3) is 11.8 Å². The van der Waals surface area contributed by atoms with E-state index in [1.54, 1.807) is 30.3 Å². The first kappa shape index (κ1) is 21.6. The van der Waals surface area contributed by atoms with Crippen molar-refractivity contribution in [2.24, 2.45) is 5.84 Å². The van der Waals surface area contributed by atoms with E-state index in [1.165, 1.54) is 23.1 Å². The summed E-state index contributed by atoms with van der Waals surface area (Å²) in [6.45, 7) is 5.57. The molecule has 4 N–H and O–H groups in total. The van der Waals surface area contributed by atoms with Gasteiger partial charge in [-0.1, -0.05) is 54.9 Å². The molecule has 0 aliphatic carbocycles. The SMILES string of the molecule is C=Cn1cc(C(=O)Nc2c(CC)cc(Cl)cc2C(=O)NN)c(-c2ccccc2Cl)n1. The molecule has 30 heavy (non-hydrogen) atoms. The Bertz CT molecular complexity index is 1140. The van der Waals surface area contributed by atoms with E-state index in [0.717, 1.165) is 0 Å². The third-order valence-electron chi connectivity index (χ3n) is 4.47. The summed E-state index contributed by atoms with van der Waals surface area (Å²) in [4.78, 5) is 25.5. The highest BCUT2D eigenvalue weighted by Crippen LogP contribution is 2.31. The van der Waals surface area contributed by atoms with Gasteiger partial charge in [0, 0.05) is 23.0 Å². The molecule has 1 aromatic heterocycles. The van der Waals surface area contributed by atoms with Crippen molar-refractivity contribution in [1.29, 1.82) is 0 Å². The number of rotatable bonds is 6. The third-order valence-corrected chi connectivity index (χ3v) is 5.02. The lowest BCUT2D eigenvalue weighted by Gasteiger charge is -2.15. The molecular formula is C21H19Cl2N5O2. The van der Waals surface area contributed by atoms with Crippen LogP contribution < -0.4 is 16.6 Å². The zero-order valence-electron chi connectivity index (χ0n) is 16.1. The number of halogens is 2. The summed E-state index contributed by atoms with van der Waals surface area (Å²) >= 11 is 12.4. The summed E-state index contributed by atoms with van der Waals surface area (Å²) in [5, 5.41) is 8.01. The van der Waals surface area contributed by atoms with E-state index in [9.17, 15) is 9.59 Å². The fraction of sp³-hybridized carbons (Fsp3) is 0.0952. The Labute approximate surface area is 183 Å². The minimum Gasteiger partial charge on any atom is -0.321 e. The van der Waals surface area contributed by atoms with Crippen LogP contribution in [0, 0.1) is 0 Å². The molecule has 0 aliphatic rings. The minimum atomic E-state index is -0.574. The van der Waals surface area contributed by atoms with Crippen LogP contribution in [0.4, 0.5) is 5.69 Å². The van der Waals surface area contributed by atoms with Crippen molar-refractivity contribution in [1.82, 2.24) is 15.2 Å². The second kappa shape index (κ2) is 9.13. The number of hydrazine groups is 1. The number of aryl methyl sites for hydroxylation is 1. The first-order valence-electron chi connectivity index (χ1n) is 9.00. The van der Waals surface area contributed by atoms with Crippen LogP contribution in [0.3, 0.4) is 0 Å². The molecule has 2 amide bonds. The van der Waals surface area contributed by atoms with Crippen LogP contribution in [0.1, 0.15) is 33.2 Å². The maximum atomic E-state index is 13.2. The number of nitrogens with zero attached hydrogens (tertiary/aromatic N) is 2. The molecule has 154 valence electrons. The van der Waals surface area contributed by atoms with Gasteiger partial charge in [0.05, 0.1) is 21.8 Å². The minimum absolute atomic E-state index is 0.158. The molecule has 0 radical (unpaired) electrons. The van der Waals surface area contributed by atoms with Crippen molar-refractivity contribution < 1.29 is 9.59 Å². The fourth-order valence-corrected chi connectivity index (χ4v) is 3.50. The topological polar surface area (TPSA) is 102 Å². The zero-order chi connectivity index (χ0) is 21.8. The molecule has 0 saturated heterocycles. The Morgan fingerprint density at radius 1 is 1.20 bits per heavy atom. The van der Waals surface area contributed by atoms with Crippen molar-refractivity contribution in [3.05, 3.63) is 75.9 Å². The maximum absolute atomic E-state index is 13.2. The van der Waals surface area contributed by atoms with Crippen LogP contribution >= 0.6 is 23.2 Å². The Kier molecular flexibility index (Phi) is 6.56. The predicted molar refractivity (Wildman–Crippen MR) is 119 cm³/mol. The van der Waals surface area contributed by atoms with E-state index in [4.69, 9.17) is 29.0 Å². The lowest BCUT2D eigenvalue weighted by Crippen LogP contribution is -2.31. The highest BCUT2D eigenvalue weighted by Gasteiger charge is 2.23. The van der Waals surface area contributed by atoms with Crippen molar-refractivity contribution >= 4 is 46.9 Å². The molecule has 7 nitrogen and oxygen atoms in total. The molecule has 0 fully saturated rings. The van der Waals surface area contributed by atoms with Gasteiger partial charge in [-0.15, -0.1) is 0 Å². The normalized spacial score (nSPS) is 10.5. The second-order valence-corrected chi connectivity index (χ2v) is 7.15. The zero-order valence-corrected chi connectivity index (χ0v) is 17.6. The van der Waals surface area contributed by atoms with Gasteiger partial charge in [-0.25, -0.2) is 10.5 Å². The first-order chi connectivity index (χ1) is 14.4. The number of anilines is 1. The number of nitrogens with one attached hydrogen (secondary N) is 2. The summed E-state index contributed by atoms with van der Waals surface area (Å²) in [7, 11) is 0. The molecule has 2 aromatic carbocycles. The molecule has 0 saturated carbocycles. The standard InChI is InChI=1S/C21H19Cl2N5O2/c1-3-12-9-13(22)10-15(21(30)26-24)18(12)25-20(29)16-11-28(4-2)27-19(16)14-7-5-6-8-17(14)23/h4-11H,2-3,24H2,1H3,(H,25,29)(H,26,30). The van der Waals surface area contributed by atoms with Crippen LogP contribution in [0.2, 0.25) is 10.0 Å². The Morgan fingerprint density at radius 2 is 1.93 bits per heavy atom. The number of nitrogens with two attached hydrogens (primary N) is 1. The van der Waals surface area contributed by atoms with E-state index in [2.05, 4.69) is 22.4 Å². The lowest BCUT2D eigenvalue weighted by molar-refractivity contribution is 0.0954. The Morgan fingerprint density at radius 3 is 2.57 bits per heavy atom. The van der Waals surface area contributed by atoms with E-state index < -0.39 is 11.8 Å². The van der Waals surface area contributed by atoms with Gasteiger partial charge in [0.1, 0.15) is 5.69 Å². The molecule has 1 heterocycles. The van der Waals surface area contributed by atoms with Gasteiger partial charge in [-0.05, 0) is 30.2 Å². The average molecular weight is 444 g/mol. The van der Waals surface area contributed by atoms with Crippen LogP contribution in [-0.2, 0) is 6.42 Å². The van der Waals surface area contributed by atoms with Crippen molar-refractivity contribution in [2.75, 3.05) is 5.32 Å². The number of hydrogen-bond donors (Lipinski definition) is 3. The van der Waals surface area contributed by atoms with E-state index >= 15 is 0 Å². The van der Waals surface area contributed by atoms with E-state index in [-0.39, 0.29) is 11.1 Å². The van der Waals surface area contributed by atoms with Gasteiger partial charge in [-0.3, -0.25) is 15.0 Å². The number of hydrogen-bond acceptors (Lipinski definition) is 4. The smallest absolute Gasteiger partial charge is 0.267 e. The number of aromatic nitrogens is 2. The maximum Gasteiger partial charge on any atom is 0.267 e. The number of benzene rings is 2. The van der Waals surface area contributed by atoms with E-state index in [1.807, 2.05) is 6.92 Å². The van der Waals surface area contributed by atoms with Crippen molar-refractivity contribution in [3.8, 4) is 11.3 Å². The van der Waals surface area contributed by atoms with Gasteiger partial charge in [0.2, 0.25) is 0 Å². The third kappa shape index (κ3) is 4.23. The van der Waals surface area contributed by atoms with Crippen molar-refractivity contribution in [2.45, 2.75) is 13.3 Å². The van der Waals surface area contributed by atoms with E-state index in [0.29, 0.717) is 39.0 Å². The number of nitrogen functional groups attached to an aromatic ring is 1. The summed E-state index contributed by atoms with van der Waals surface area (Å²) in [6.07, 6.45) is 3.53. The summed E-state index contributed by atoms with van der Waals surface area (Å²) in [5.41, 5.74) is 4.48. The monoisotopic (exact) mass is 443 g/mol. The number of carbonyl (C=O) groups is 2. The molecule has 3 aromatic rings. The molecule has 0 spiro atoms. The molecule has 9 heteroatoms. The largest absolute Gasteiger partial charge is 0.321 e. The van der Waals surface area contributed by atoms with Crippen LogP contribution in [0.15, 0.2) is 49.2 Å². The predicted octanol–water partition coefficient (Wildman–Crippen LogP) is 4.38. The number of amides is 2. The Hall–Kier alpha value is -3.13. The molecule has 0 unspecified atom stereocenters. The lowest BCUT2D eigenvalue weighted by atomic mass is 10.0. The Balaban J connectivity index is 2.10. The van der Waals surface area contributed by atoms with Gasteiger partial charge >= 0.3 is 0 Å². The van der Waals surface area contributed by atoms with Crippen molar-refractivity contribution in [3.63, 3.8) is 0 Å². The first-order valence-corrected chi connectivity index (χ1v) is 9.76. The van der Waals surface area contributed by atoms with Crippen LogP contribution in [0.25, 0.3) is 17.5 Å². The fourth-order valence-electron chi connectivity index (χ4n) is 3.03. The molecule has 0 bridgehead atoms. The van der Waals surface area contributed by atoms with Crippen LogP contribution in [-0.4, -0.2) is 21.6 Å². The summed E-state index contributed by atoms with van der Waals surface area (Å²) < 4.78 is 1.42. The average Bonchev–Trinajstić information content (AvgIpc) is 3.18. The van der Waals surface area contributed by atoms with Gasteiger partial charge in [0.15, 0.2) is 0 Å². The van der Waals surface area contributed by atoms with Crippen LogP contribution in [0.5, 0.6) is 0 Å². The number of carbonyl (C=O) groups excluding carboxylic acids is 2. The highest BCUT2D eigenvalue weighted by molar-refractivity contribution is 6.33. The quantitative estimate of drug-likeness (QED) is 0.298. The second-order valence-electron chi connectivity index (χ2n) is 6.30. The molecule has 3 rings (SSSR count). The summed E-state index contributed by atoms with van der Waals surface area (Å²) in [5.74, 6) is 4.26. The molecule has 0 atom stereocenters. The highest BCUT2D eigenvalue weighted by atomic mass is 35.5. The summed E-state index contributed by atoms with van der Waals surface area (Å²) in [6, 6.07) is 10.2. The van der Waals surface area contributed by atoms with Gasteiger partial charge < -0.3 is 5.32 Å². The van der Waals surface area contributed by atoms with Gasteiger partial charge in [-0.2, -0.15) is 5.10 Å².